The first-order chi connectivity index (χ1) is 12.3. The molecule has 1 aliphatic rings. The predicted molar refractivity (Wildman–Crippen MR) is 93.2 cm³/mol. The SMILES string of the molecule is C[C@H]1Cc2ccccc2N1Cc1nc2cc(C(F)(F)F)ccc2c(=O)[nH]1. The van der Waals surface area contributed by atoms with Crippen LogP contribution in [0.2, 0.25) is 0 Å². The number of nitrogens with one attached hydrogen (secondary N) is 1. The third-order valence-corrected chi connectivity index (χ3v) is 4.75. The Labute approximate surface area is 147 Å². The summed E-state index contributed by atoms with van der Waals surface area (Å²) >= 11 is 0. The molecule has 0 fully saturated rings. The highest BCUT2D eigenvalue weighted by molar-refractivity contribution is 5.78. The first-order valence-corrected chi connectivity index (χ1v) is 8.27. The van der Waals surface area contributed by atoms with Crippen molar-refractivity contribution in [3.8, 4) is 0 Å². The Morgan fingerprint density at radius 3 is 2.77 bits per heavy atom. The van der Waals surface area contributed by atoms with E-state index in [9.17, 15) is 18.0 Å². The number of alkyl halides is 3. The van der Waals surface area contributed by atoms with Crippen molar-refractivity contribution >= 4 is 16.6 Å². The number of hydrogen-bond donors (Lipinski definition) is 1. The lowest BCUT2D eigenvalue weighted by Crippen LogP contribution is -2.30. The lowest BCUT2D eigenvalue weighted by molar-refractivity contribution is -0.137. The molecule has 0 radical (unpaired) electrons. The fourth-order valence-electron chi connectivity index (χ4n) is 3.47. The van der Waals surface area contributed by atoms with Gasteiger partial charge in [-0.25, -0.2) is 4.98 Å². The standard InChI is InChI=1S/C19H16F3N3O/c1-11-8-12-4-2-3-5-16(12)25(11)10-17-23-15-9-13(19(20,21)22)6-7-14(15)18(26)24-17/h2-7,9,11H,8,10H2,1H3,(H,23,24,26)/t11-/m0/s1. The van der Waals surface area contributed by atoms with Crippen molar-refractivity contribution in [1.82, 2.24) is 9.97 Å². The molecule has 0 aliphatic carbocycles. The number of anilines is 1. The molecule has 2 heterocycles. The Balaban J connectivity index is 1.74. The molecule has 1 aromatic heterocycles. The van der Waals surface area contributed by atoms with E-state index < -0.39 is 17.3 Å². The normalized spacial score (nSPS) is 16.9. The summed E-state index contributed by atoms with van der Waals surface area (Å²) in [6.07, 6.45) is -3.59. The van der Waals surface area contributed by atoms with Crippen molar-refractivity contribution < 1.29 is 13.2 Å². The molecule has 1 atom stereocenters. The lowest BCUT2D eigenvalue weighted by Gasteiger charge is -2.24. The van der Waals surface area contributed by atoms with Crippen molar-refractivity contribution in [1.29, 1.82) is 0 Å². The number of fused-ring (bicyclic) bond motifs is 2. The van der Waals surface area contributed by atoms with Gasteiger partial charge >= 0.3 is 6.18 Å². The second kappa shape index (κ2) is 5.86. The Hall–Kier alpha value is -2.83. The maximum absolute atomic E-state index is 12.9. The molecule has 0 saturated heterocycles. The molecule has 7 heteroatoms. The topological polar surface area (TPSA) is 49.0 Å². The third kappa shape index (κ3) is 2.83. The van der Waals surface area contributed by atoms with Crippen LogP contribution in [0, 0.1) is 0 Å². The monoisotopic (exact) mass is 359 g/mol. The molecular formula is C19H16F3N3O. The molecule has 2 aromatic carbocycles. The van der Waals surface area contributed by atoms with Crippen LogP contribution in [-0.2, 0) is 19.1 Å². The molecule has 26 heavy (non-hydrogen) atoms. The number of para-hydroxylation sites is 1. The Kier molecular flexibility index (Phi) is 3.75. The molecule has 0 amide bonds. The van der Waals surface area contributed by atoms with Crippen LogP contribution in [0.4, 0.5) is 18.9 Å². The van der Waals surface area contributed by atoms with Crippen LogP contribution < -0.4 is 10.5 Å². The van der Waals surface area contributed by atoms with Crippen LogP contribution >= 0.6 is 0 Å². The first kappa shape index (κ1) is 16.6. The van der Waals surface area contributed by atoms with E-state index in [4.69, 9.17) is 0 Å². The third-order valence-electron chi connectivity index (χ3n) is 4.75. The van der Waals surface area contributed by atoms with Gasteiger partial charge in [0.15, 0.2) is 0 Å². The van der Waals surface area contributed by atoms with Gasteiger partial charge in [-0.1, -0.05) is 18.2 Å². The van der Waals surface area contributed by atoms with E-state index in [1.807, 2.05) is 18.2 Å². The minimum Gasteiger partial charge on any atom is -0.361 e. The van der Waals surface area contributed by atoms with Crippen molar-refractivity contribution in [3.63, 3.8) is 0 Å². The Morgan fingerprint density at radius 2 is 2.00 bits per heavy atom. The van der Waals surface area contributed by atoms with E-state index in [0.29, 0.717) is 12.4 Å². The zero-order valence-electron chi connectivity index (χ0n) is 14.0. The summed E-state index contributed by atoms with van der Waals surface area (Å²) in [5, 5.41) is 0.150. The Bertz CT molecular complexity index is 1040. The maximum atomic E-state index is 12.9. The quantitative estimate of drug-likeness (QED) is 0.755. The number of benzene rings is 2. The largest absolute Gasteiger partial charge is 0.416 e. The molecular weight excluding hydrogens is 343 g/mol. The van der Waals surface area contributed by atoms with Crippen molar-refractivity contribution in [2.24, 2.45) is 0 Å². The van der Waals surface area contributed by atoms with Gasteiger partial charge in [-0.3, -0.25) is 4.79 Å². The summed E-state index contributed by atoms with van der Waals surface area (Å²) in [4.78, 5) is 21.4. The molecule has 0 unspecified atom stereocenters. The molecule has 4 nitrogen and oxygen atoms in total. The highest BCUT2D eigenvalue weighted by Gasteiger charge is 2.31. The summed E-state index contributed by atoms with van der Waals surface area (Å²) in [5.74, 6) is 0.352. The maximum Gasteiger partial charge on any atom is 0.416 e. The molecule has 1 aliphatic heterocycles. The average Bonchev–Trinajstić information content (AvgIpc) is 2.89. The number of halogens is 3. The van der Waals surface area contributed by atoms with E-state index in [2.05, 4.69) is 27.9 Å². The molecule has 0 saturated carbocycles. The van der Waals surface area contributed by atoms with E-state index in [-0.39, 0.29) is 16.9 Å². The van der Waals surface area contributed by atoms with Crippen molar-refractivity contribution in [2.75, 3.05) is 4.90 Å². The zero-order valence-corrected chi connectivity index (χ0v) is 14.0. The molecule has 4 rings (SSSR count). The van der Waals surface area contributed by atoms with Crippen molar-refractivity contribution in [3.05, 3.63) is 69.8 Å². The van der Waals surface area contributed by atoms with Crippen LogP contribution in [0.3, 0.4) is 0 Å². The molecule has 3 aromatic rings. The fourth-order valence-corrected chi connectivity index (χ4v) is 3.47. The zero-order chi connectivity index (χ0) is 18.5. The molecule has 134 valence electrons. The smallest absolute Gasteiger partial charge is 0.361 e. The van der Waals surface area contributed by atoms with Crippen molar-refractivity contribution in [2.45, 2.75) is 32.1 Å². The second-order valence-electron chi connectivity index (χ2n) is 6.55. The van der Waals surface area contributed by atoms with Crippen LogP contribution in [0.1, 0.15) is 23.9 Å². The summed E-state index contributed by atoms with van der Waals surface area (Å²) in [7, 11) is 0. The minimum absolute atomic E-state index is 0.0544. The molecule has 0 spiro atoms. The number of aromatic nitrogens is 2. The van der Waals surface area contributed by atoms with Gasteiger partial charge in [0.25, 0.3) is 5.56 Å². The van der Waals surface area contributed by atoms with Gasteiger partial charge in [0.05, 0.1) is 23.0 Å². The summed E-state index contributed by atoms with van der Waals surface area (Å²) < 4.78 is 38.8. The predicted octanol–water partition coefficient (Wildman–Crippen LogP) is 3.89. The number of aromatic amines is 1. The summed E-state index contributed by atoms with van der Waals surface area (Å²) in [6, 6.07) is 11.2. The van der Waals surface area contributed by atoms with Gasteiger partial charge in [-0.15, -0.1) is 0 Å². The van der Waals surface area contributed by atoms with Gasteiger partial charge in [-0.2, -0.15) is 13.2 Å². The molecule has 0 bridgehead atoms. The van der Waals surface area contributed by atoms with Gasteiger partial charge in [0, 0.05) is 11.7 Å². The van der Waals surface area contributed by atoms with Crippen LogP contribution in [0.25, 0.3) is 10.9 Å². The lowest BCUT2D eigenvalue weighted by atomic mass is 10.1. The average molecular weight is 359 g/mol. The van der Waals surface area contributed by atoms with Crippen LogP contribution in [0.15, 0.2) is 47.3 Å². The van der Waals surface area contributed by atoms with E-state index in [0.717, 1.165) is 24.2 Å². The number of rotatable bonds is 2. The van der Waals surface area contributed by atoms with E-state index in [1.165, 1.54) is 11.6 Å². The van der Waals surface area contributed by atoms with Crippen LogP contribution in [-0.4, -0.2) is 16.0 Å². The highest BCUT2D eigenvalue weighted by Crippen LogP contribution is 2.33. The van der Waals surface area contributed by atoms with E-state index >= 15 is 0 Å². The highest BCUT2D eigenvalue weighted by atomic mass is 19.4. The van der Waals surface area contributed by atoms with Gasteiger partial charge in [-0.05, 0) is 43.2 Å². The Morgan fingerprint density at radius 1 is 1.23 bits per heavy atom. The number of hydrogen-bond acceptors (Lipinski definition) is 3. The minimum atomic E-state index is -4.47. The number of H-pyrrole nitrogens is 1. The van der Waals surface area contributed by atoms with Gasteiger partial charge in [0.2, 0.25) is 0 Å². The molecule has 1 N–H and O–H groups in total. The fraction of sp³-hybridized carbons (Fsp3) is 0.263. The number of nitrogens with zero attached hydrogens (tertiary/aromatic N) is 2. The van der Waals surface area contributed by atoms with Gasteiger partial charge in [0.1, 0.15) is 5.82 Å². The second-order valence-corrected chi connectivity index (χ2v) is 6.55. The summed E-state index contributed by atoms with van der Waals surface area (Å²) in [6.45, 7) is 2.40. The van der Waals surface area contributed by atoms with Crippen LogP contribution in [0.5, 0.6) is 0 Å². The van der Waals surface area contributed by atoms with E-state index in [1.54, 1.807) is 0 Å². The van der Waals surface area contributed by atoms with Gasteiger partial charge < -0.3 is 9.88 Å². The first-order valence-electron chi connectivity index (χ1n) is 8.27. The summed E-state index contributed by atoms with van der Waals surface area (Å²) in [5.41, 5.74) is 1.08.